The molecule has 0 aromatic heterocycles. The van der Waals surface area contributed by atoms with Crippen LogP contribution in [0.1, 0.15) is 48.9 Å². The van der Waals surface area contributed by atoms with Gasteiger partial charge in [-0.05, 0) is 53.4 Å². The third-order valence-electron chi connectivity index (χ3n) is 4.49. The zero-order valence-electron chi connectivity index (χ0n) is 17.1. The molecule has 0 aliphatic heterocycles. The fourth-order valence-corrected chi connectivity index (χ4v) is 3.24. The highest BCUT2D eigenvalue weighted by atomic mass is 79.9. The number of hydrogen-bond acceptors (Lipinski definition) is 4. The van der Waals surface area contributed by atoms with Crippen molar-refractivity contribution in [3.63, 3.8) is 0 Å². The molecule has 0 spiro atoms. The summed E-state index contributed by atoms with van der Waals surface area (Å²) in [5.41, 5.74) is 3.86. The van der Waals surface area contributed by atoms with Crippen LogP contribution in [0.25, 0.3) is 5.57 Å². The van der Waals surface area contributed by atoms with Crippen LogP contribution in [0.2, 0.25) is 0 Å². The van der Waals surface area contributed by atoms with Gasteiger partial charge in [0.1, 0.15) is 12.4 Å². The van der Waals surface area contributed by atoms with Crippen molar-refractivity contribution in [3.8, 4) is 0 Å². The summed E-state index contributed by atoms with van der Waals surface area (Å²) in [6.45, 7) is 5.83. The number of oxime groups is 1. The maximum absolute atomic E-state index is 14.2. The van der Waals surface area contributed by atoms with E-state index < -0.39 is 0 Å². The number of aryl methyl sites for hydroxylation is 1. The molecule has 0 saturated heterocycles. The van der Waals surface area contributed by atoms with Crippen molar-refractivity contribution in [2.45, 2.75) is 40.2 Å². The van der Waals surface area contributed by atoms with Crippen LogP contribution in [-0.4, -0.2) is 18.8 Å². The first-order valence-electron chi connectivity index (χ1n) is 9.38. The molecule has 0 N–H and O–H groups in total. The van der Waals surface area contributed by atoms with Crippen molar-refractivity contribution in [1.29, 1.82) is 0 Å². The van der Waals surface area contributed by atoms with Gasteiger partial charge >= 0.3 is 5.97 Å². The number of halogens is 2. The first kappa shape index (κ1) is 22.8. The first-order valence-corrected chi connectivity index (χ1v) is 10.2. The van der Waals surface area contributed by atoms with Gasteiger partial charge in [0.25, 0.3) is 0 Å². The van der Waals surface area contributed by atoms with Crippen molar-refractivity contribution in [1.82, 2.24) is 0 Å². The van der Waals surface area contributed by atoms with E-state index in [4.69, 9.17) is 9.57 Å². The number of methoxy groups -OCH3 is 1. The molecule has 0 fully saturated rings. The van der Waals surface area contributed by atoms with Gasteiger partial charge in [-0.3, -0.25) is 0 Å². The molecule has 0 heterocycles. The first-order chi connectivity index (χ1) is 13.9. The lowest BCUT2D eigenvalue weighted by molar-refractivity contribution is -0.133. The van der Waals surface area contributed by atoms with E-state index in [9.17, 15) is 9.18 Å². The number of ether oxygens (including phenoxy) is 1. The Hall–Kier alpha value is -2.47. The van der Waals surface area contributed by atoms with Crippen LogP contribution in [-0.2, 0) is 21.0 Å². The molecule has 4 nitrogen and oxygen atoms in total. The molecule has 0 aliphatic carbocycles. The molecule has 2 aromatic carbocycles. The average molecular weight is 462 g/mol. The molecular weight excluding hydrogens is 437 g/mol. The van der Waals surface area contributed by atoms with Crippen LogP contribution in [0, 0.1) is 12.7 Å². The third kappa shape index (κ3) is 5.76. The van der Waals surface area contributed by atoms with Gasteiger partial charge in [-0.25, -0.2) is 9.18 Å². The summed E-state index contributed by atoms with van der Waals surface area (Å²) >= 11 is 3.17. The van der Waals surface area contributed by atoms with E-state index in [-0.39, 0.29) is 18.4 Å². The summed E-state index contributed by atoms with van der Waals surface area (Å²) < 4.78 is 19.6. The van der Waals surface area contributed by atoms with Crippen molar-refractivity contribution >= 4 is 33.2 Å². The molecule has 0 radical (unpaired) electrons. The van der Waals surface area contributed by atoms with Crippen LogP contribution in [0.15, 0.2) is 52.1 Å². The minimum absolute atomic E-state index is 0.148. The van der Waals surface area contributed by atoms with Gasteiger partial charge in [-0.2, -0.15) is 0 Å². The molecule has 2 aromatic rings. The Morgan fingerprint density at radius 1 is 1.21 bits per heavy atom. The summed E-state index contributed by atoms with van der Waals surface area (Å²) in [6, 6.07) is 10.7. The topological polar surface area (TPSA) is 47.9 Å². The number of benzene rings is 2. The summed E-state index contributed by atoms with van der Waals surface area (Å²) in [5, 5.41) is 4.08. The second-order valence-corrected chi connectivity index (χ2v) is 7.40. The fraction of sp³-hybridized carbons (Fsp3) is 0.304. The Labute approximate surface area is 179 Å². The summed E-state index contributed by atoms with van der Waals surface area (Å²) in [5.74, 6) is -0.773. The van der Waals surface area contributed by atoms with E-state index in [0.717, 1.165) is 29.5 Å². The SMILES string of the molecule is CCC/C=C(\C(=O)OC)c1cccc(C)c1CO/N=C(\C)c1cccc(Br)c1F. The smallest absolute Gasteiger partial charge is 0.338 e. The molecule has 0 saturated carbocycles. The predicted molar refractivity (Wildman–Crippen MR) is 117 cm³/mol. The Bertz CT molecular complexity index is 938. The second-order valence-electron chi connectivity index (χ2n) is 6.55. The van der Waals surface area contributed by atoms with Crippen LogP contribution >= 0.6 is 15.9 Å². The number of rotatable bonds is 8. The second kappa shape index (κ2) is 10.9. The quantitative estimate of drug-likeness (QED) is 0.203. The number of nitrogens with zero attached hydrogens (tertiary/aromatic N) is 1. The van der Waals surface area contributed by atoms with Crippen LogP contribution in [0.4, 0.5) is 4.39 Å². The van der Waals surface area contributed by atoms with Gasteiger partial charge in [0.2, 0.25) is 0 Å². The molecule has 0 atom stereocenters. The normalized spacial score (nSPS) is 12.1. The molecule has 29 heavy (non-hydrogen) atoms. The maximum atomic E-state index is 14.2. The van der Waals surface area contributed by atoms with Gasteiger partial charge in [-0.15, -0.1) is 0 Å². The Balaban J connectivity index is 2.31. The molecule has 2 rings (SSSR count). The molecule has 0 aliphatic rings. The Kier molecular flexibility index (Phi) is 8.58. The maximum Gasteiger partial charge on any atom is 0.338 e. The van der Waals surface area contributed by atoms with Crippen molar-refractivity contribution < 1.29 is 18.8 Å². The zero-order chi connectivity index (χ0) is 21.4. The lowest BCUT2D eigenvalue weighted by Crippen LogP contribution is -2.08. The van der Waals surface area contributed by atoms with E-state index in [2.05, 4.69) is 21.1 Å². The van der Waals surface area contributed by atoms with Gasteiger partial charge in [-0.1, -0.05) is 54.9 Å². The van der Waals surface area contributed by atoms with Crippen LogP contribution in [0.5, 0.6) is 0 Å². The van der Waals surface area contributed by atoms with Gasteiger partial charge < -0.3 is 9.57 Å². The standard InChI is InChI=1S/C23H25BrFNO3/c1-5-6-10-19(23(27)28-4)18-12-7-9-15(2)20(18)14-29-26-16(3)17-11-8-13-21(24)22(17)25/h7-13H,5-6,14H2,1-4H3/b19-10-,26-16+. The minimum Gasteiger partial charge on any atom is -0.465 e. The van der Waals surface area contributed by atoms with Crippen LogP contribution in [0.3, 0.4) is 0 Å². The monoisotopic (exact) mass is 461 g/mol. The number of allylic oxidation sites excluding steroid dienone is 1. The van der Waals surface area contributed by atoms with Gasteiger partial charge in [0.05, 0.1) is 22.9 Å². The summed E-state index contributed by atoms with van der Waals surface area (Å²) in [7, 11) is 1.37. The van der Waals surface area contributed by atoms with E-state index in [1.165, 1.54) is 7.11 Å². The molecule has 6 heteroatoms. The Morgan fingerprint density at radius 3 is 2.59 bits per heavy atom. The molecular formula is C23H25BrFNO3. The summed E-state index contributed by atoms with van der Waals surface area (Å²) in [4.78, 5) is 17.9. The number of hydrogen-bond donors (Lipinski definition) is 0. The molecule has 0 unspecified atom stereocenters. The number of unbranched alkanes of at least 4 members (excludes halogenated alkanes) is 1. The lowest BCUT2D eigenvalue weighted by atomic mass is 9.95. The van der Waals surface area contributed by atoms with E-state index in [1.54, 1.807) is 25.1 Å². The molecule has 0 bridgehead atoms. The fourth-order valence-electron chi connectivity index (χ4n) is 2.87. The minimum atomic E-state index is -0.388. The zero-order valence-corrected chi connectivity index (χ0v) is 18.7. The average Bonchev–Trinajstić information content (AvgIpc) is 2.71. The highest BCUT2D eigenvalue weighted by Crippen LogP contribution is 2.25. The third-order valence-corrected chi connectivity index (χ3v) is 5.11. The Morgan fingerprint density at radius 2 is 1.90 bits per heavy atom. The van der Waals surface area contributed by atoms with Gasteiger partial charge in [0, 0.05) is 11.1 Å². The highest BCUT2D eigenvalue weighted by molar-refractivity contribution is 9.10. The van der Waals surface area contributed by atoms with Crippen molar-refractivity contribution in [2.75, 3.05) is 7.11 Å². The predicted octanol–water partition coefficient (Wildman–Crippen LogP) is 6.19. The van der Waals surface area contributed by atoms with E-state index in [0.29, 0.717) is 21.3 Å². The number of carbonyl (C=O) groups excluding carboxylic acids is 1. The van der Waals surface area contributed by atoms with Crippen molar-refractivity contribution in [2.24, 2.45) is 5.16 Å². The number of esters is 1. The van der Waals surface area contributed by atoms with E-state index in [1.807, 2.05) is 38.1 Å². The molecule has 0 amide bonds. The van der Waals surface area contributed by atoms with Gasteiger partial charge in [0.15, 0.2) is 0 Å². The van der Waals surface area contributed by atoms with E-state index >= 15 is 0 Å². The van der Waals surface area contributed by atoms with Crippen LogP contribution < -0.4 is 0 Å². The highest BCUT2D eigenvalue weighted by Gasteiger charge is 2.17. The summed E-state index contributed by atoms with van der Waals surface area (Å²) in [6.07, 6.45) is 3.56. The van der Waals surface area contributed by atoms with Crippen molar-refractivity contribution in [3.05, 3.63) is 75.0 Å². The number of carbonyl (C=O) groups is 1. The largest absolute Gasteiger partial charge is 0.465 e. The lowest BCUT2D eigenvalue weighted by Gasteiger charge is -2.14. The molecule has 154 valence electrons.